The van der Waals surface area contributed by atoms with E-state index in [1.54, 1.807) is 6.92 Å². The zero-order chi connectivity index (χ0) is 12.9. The van der Waals surface area contributed by atoms with Crippen LogP contribution in [0.5, 0.6) is 0 Å². The van der Waals surface area contributed by atoms with Crippen LogP contribution in [-0.4, -0.2) is 9.55 Å². The molecule has 1 heterocycles. The molecule has 4 heteroatoms. The molecular weight excluding hydrogens is 229 g/mol. The Labute approximate surface area is 106 Å². The molecule has 1 aliphatic rings. The van der Waals surface area contributed by atoms with Crippen molar-refractivity contribution in [2.24, 2.45) is 5.41 Å². The Hall–Kier alpha value is -1.58. The number of hydrogen-bond donors (Lipinski definition) is 1. The van der Waals surface area contributed by atoms with Crippen molar-refractivity contribution in [1.29, 1.82) is 0 Å². The zero-order valence-electron chi connectivity index (χ0n) is 10.8. The third-order valence-electron chi connectivity index (χ3n) is 4.16. The number of nitrogen functional groups attached to an aromatic ring is 1. The van der Waals surface area contributed by atoms with Gasteiger partial charge in [-0.2, -0.15) is 0 Å². The van der Waals surface area contributed by atoms with Crippen LogP contribution in [0.4, 0.5) is 10.3 Å². The van der Waals surface area contributed by atoms with Crippen molar-refractivity contribution in [1.82, 2.24) is 9.55 Å². The van der Waals surface area contributed by atoms with Crippen molar-refractivity contribution in [3.63, 3.8) is 0 Å². The highest BCUT2D eigenvalue weighted by atomic mass is 19.1. The number of rotatable bonds is 2. The molecule has 0 atom stereocenters. The molecule has 0 spiro atoms. The molecule has 2 aromatic rings. The molecule has 18 heavy (non-hydrogen) atoms. The molecule has 1 aromatic heterocycles. The van der Waals surface area contributed by atoms with E-state index in [2.05, 4.69) is 11.9 Å². The number of aryl methyl sites for hydroxylation is 1. The fourth-order valence-electron chi connectivity index (χ4n) is 2.76. The molecule has 2 N–H and O–H groups in total. The summed E-state index contributed by atoms with van der Waals surface area (Å²) in [5, 5.41) is 0. The number of anilines is 1. The molecule has 0 aliphatic heterocycles. The summed E-state index contributed by atoms with van der Waals surface area (Å²) >= 11 is 0. The van der Waals surface area contributed by atoms with Gasteiger partial charge >= 0.3 is 0 Å². The number of nitrogens with two attached hydrogens (primary N) is 1. The number of hydrogen-bond acceptors (Lipinski definition) is 2. The first-order chi connectivity index (χ1) is 8.48. The highest BCUT2D eigenvalue weighted by Crippen LogP contribution is 2.42. The first-order valence-electron chi connectivity index (χ1n) is 6.40. The van der Waals surface area contributed by atoms with Gasteiger partial charge in [-0.25, -0.2) is 9.37 Å². The van der Waals surface area contributed by atoms with Crippen LogP contribution in [0, 0.1) is 18.2 Å². The van der Waals surface area contributed by atoms with E-state index in [1.807, 2.05) is 10.6 Å². The summed E-state index contributed by atoms with van der Waals surface area (Å²) in [6.45, 7) is 4.92. The van der Waals surface area contributed by atoms with E-state index in [4.69, 9.17) is 5.73 Å². The van der Waals surface area contributed by atoms with Gasteiger partial charge in [0.15, 0.2) is 0 Å². The lowest BCUT2D eigenvalue weighted by atomic mass is 9.70. The summed E-state index contributed by atoms with van der Waals surface area (Å²) < 4.78 is 15.5. The third kappa shape index (κ3) is 1.67. The van der Waals surface area contributed by atoms with Gasteiger partial charge in [-0.3, -0.25) is 0 Å². The van der Waals surface area contributed by atoms with E-state index in [9.17, 15) is 4.39 Å². The molecule has 1 fully saturated rings. The summed E-state index contributed by atoms with van der Waals surface area (Å²) in [5.74, 6) is 0.269. The van der Waals surface area contributed by atoms with Crippen LogP contribution < -0.4 is 5.73 Å². The quantitative estimate of drug-likeness (QED) is 0.885. The van der Waals surface area contributed by atoms with Gasteiger partial charge in [0.05, 0.1) is 11.0 Å². The van der Waals surface area contributed by atoms with Gasteiger partial charge in [0.1, 0.15) is 5.82 Å². The summed E-state index contributed by atoms with van der Waals surface area (Å²) in [4.78, 5) is 4.26. The molecular formula is C14H18FN3. The van der Waals surface area contributed by atoms with E-state index in [1.165, 1.54) is 25.3 Å². The van der Waals surface area contributed by atoms with Crippen molar-refractivity contribution in [2.45, 2.75) is 39.7 Å². The predicted octanol–water partition coefficient (Wildman–Crippen LogP) is 3.26. The summed E-state index contributed by atoms with van der Waals surface area (Å²) in [7, 11) is 0. The van der Waals surface area contributed by atoms with Gasteiger partial charge in [-0.15, -0.1) is 0 Å². The maximum absolute atomic E-state index is 13.5. The minimum absolute atomic E-state index is 0.220. The summed E-state index contributed by atoms with van der Waals surface area (Å²) in [6.07, 6.45) is 3.75. The van der Waals surface area contributed by atoms with Crippen LogP contribution in [0.15, 0.2) is 12.1 Å². The molecule has 96 valence electrons. The van der Waals surface area contributed by atoms with Gasteiger partial charge in [-0.1, -0.05) is 13.3 Å². The van der Waals surface area contributed by atoms with E-state index in [0.717, 1.165) is 12.1 Å². The van der Waals surface area contributed by atoms with Gasteiger partial charge in [-0.05, 0) is 36.8 Å². The molecule has 0 amide bonds. The minimum atomic E-state index is -0.220. The first kappa shape index (κ1) is 11.5. The summed E-state index contributed by atoms with van der Waals surface area (Å²) in [6, 6.07) is 3.32. The fourth-order valence-corrected chi connectivity index (χ4v) is 2.76. The lowest BCUT2D eigenvalue weighted by Crippen LogP contribution is -2.31. The van der Waals surface area contributed by atoms with E-state index >= 15 is 0 Å². The van der Waals surface area contributed by atoms with Crippen molar-refractivity contribution >= 4 is 17.0 Å². The Morgan fingerprint density at radius 3 is 2.78 bits per heavy atom. The Bertz CT molecular complexity index is 611. The van der Waals surface area contributed by atoms with E-state index in [0.29, 0.717) is 22.4 Å². The average molecular weight is 247 g/mol. The van der Waals surface area contributed by atoms with Gasteiger partial charge < -0.3 is 10.3 Å². The maximum atomic E-state index is 13.5. The fraction of sp³-hybridized carbons (Fsp3) is 0.500. The topological polar surface area (TPSA) is 43.8 Å². The molecule has 1 aliphatic carbocycles. The number of halogens is 1. The van der Waals surface area contributed by atoms with Crippen LogP contribution in [0.1, 0.15) is 31.7 Å². The van der Waals surface area contributed by atoms with Crippen molar-refractivity contribution in [3.05, 3.63) is 23.5 Å². The van der Waals surface area contributed by atoms with Gasteiger partial charge in [0.2, 0.25) is 5.95 Å². The van der Waals surface area contributed by atoms with Crippen LogP contribution in [0.2, 0.25) is 0 Å². The lowest BCUT2D eigenvalue weighted by molar-refractivity contribution is 0.135. The van der Waals surface area contributed by atoms with Crippen molar-refractivity contribution in [3.8, 4) is 0 Å². The molecule has 3 nitrogen and oxygen atoms in total. The van der Waals surface area contributed by atoms with Gasteiger partial charge in [0.25, 0.3) is 0 Å². The lowest BCUT2D eigenvalue weighted by Gasteiger charge is -2.38. The minimum Gasteiger partial charge on any atom is -0.369 e. The number of imidazole rings is 1. The number of benzene rings is 1. The van der Waals surface area contributed by atoms with Crippen LogP contribution in [0.3, 0.4) is 0 Å². The highest BCUT2D eigenvalue weighted by Gasteiger charge is 2.33. The number of aromatic nitrogens is 2. The van der Waals surface area contributed by atoms with Crippen molar-refractivity contribution in [2.75, 3.05) is 5.73 Å². The Kier molecular flexibility index (Phi) is 2.37. The number of nitrogens with zero attached hydrogens (tertiary/aromatic N) is 2. The molecule has 1 aromatic carbocycles. The smallest absolute Gasteiger partial charge is 0.201 e. The SMILES string of the molecule is Cc1cc2c(cc1F)nc(N)n2CC1(C)CCC1. The maximum Gasteiger partial charge on any atom is 0.201 e. The first-order valence-corrected chi connectivity index (χ1v) is 6.40. The molecule has 0 unspecified atom stereocenters. The second-order valence-electron chi connectivity index (χ2n) is 5.81. The molecule has 0 bridgehead atoms. The Morgan fingerprint density at radius 2 is 2.17 bits per heavy atom. The second-order valence-corrected chi connectivity index (χ2v) is 5.81. The van der Waals surface area contributed by atoms with Crippen LogP contribution in [0.25, 0.3) is 11.0 Å². The van der Waals surface area contributed by atoms with E-state index in [-0.39, 0.29) is 5.82 Å². The normalized spacial score (nSPS) is 17.9. The molecule has 1 saturated carbocycles. The zero-order valence-corrected chi connectivity index (χ0v) is 10.8. The largest absolute Gasteiger partial charge is 0.369 e. The monoisotopic (exact) mass is 247 g/mol. The number of fused-ring (bicyclic) bond motifs is 1. The standard InChI is InChI=1S/C14H18FN3/c1-9-6-12-11(7-10(9)15)17-13(16)18(12)8-14(2)4-3-5-14/h6-7H,3-5,8H2,1-2H3,(H2,16,17). The van der Waals surface area contributed by atoms with Crippen LogP contribution in [-0.2, 0) is 6.54 Å². The highest BCUT2D eigenvalue weighted by molar-refractivity contribution is 5.79. The average Bonchev–Trinajstić information content (AvgIpc) is 2.55. The van der Waals surface area contributed by atoms with E-state index < -0.39 is 0 Å². The molecule has 3 rings (SSSR count). The Balaban J connectivity index is 2.10. The van der Waals surface area contributed by atoms with Gasteiger partial charge in [0, 0.05) is 12.6 Å². The van der Waals surface area contributed by atoms with Crippen LogP contribution >= 0.6 is 0 Å². The summed E-state index contributed by atoms with van der Waals surface area (Å²) in [5.41, 5.74) is 8.53. The second kappa shape index (κ2) is 3.70. The Morgan fingerprint density at radius 1 is 1.44 bits per heavy atom. The molecule has 0 saturated heterocycles. The van der Waals surface area contributed by atoms with Crippen molar-refractivity contribution < 1.29 is 4.39 Å². The predicted molar refractivity (Wildman–Crippen MR) is 70.8 cm³/mol. The third-order valence-corrected chi connectivity index (χ3v) is 4.16. The molecule has 0 radical (unpaired) electrons.